The van der Waals surface area contributed by atoms with Crippen molar-refractivity contribution in [2.45, 2.75) is 12.5 Å². The Hall–Kier alpha value is -0.870. The van der Waals surface area contributed by atoms with Gasteiger partial charge in [0.25, 0.3) is 0 Å². The lowest BCUT2D eigenvalue weighted by atomic mass is 10.0. The second kappa shape index (κ2) is 4.33. The van der Waals surface area contributed by atoms with Crippen LogP contribution in [0, 0.1) is 0 Å². The highest BCUT2D eigenvalue weighted by Crippen LogP contribution is 2.30. The van der Waals surface area contributed by atoms with Crippen molar-refractivity contribution in [1.29, 1.82) is 0 Å². The minimum atomic E-state index is -0.163. The van der Waals surface area contributed by atoms with Gasteiger partial charge < -0.3 is 9.47 Å². The molecule has 1 heterocycles. The molecule has 1 unspecified atom stereocenters. The van der Waals surface area contributed by atoms with Crippen LogP contribution in [0.5, 0.6) is 5.75 Å². The Morgan fingerprint density at radius 2 is 2.40 bits per heavy atom. The summed E-state index contributed by atoms with van der Waals surface area (Å²) in [7, 11) is 1.60. The topological polar surface area (TPSA) is 35.5 Å². The van der Waals surface area contributed by atoms with Crippen LogP contribution in [0.3, 0.4) is 0 Å². The molecule has 3 nitrogen and oxygen atoms in total. The molecule has 2 rings (SSSR count). The van der Waals surface area contributed by atoms with Crippen LogP contribution >= 0.6 is 15.9 Å². The number of ketones is 1. The van der Waals surface area contributed by atoms with E-state index in [4.69, 9.17) is 9.47 Å². The van der Waals surface area contributed by atoms with Crippen molar-refractivity contribution in [2.75, 3.05) is 13.7 Å². The van der Waals surface area contributed by atoms with Crippen LogP contribution in [0.2, 0.25) is 0 Å². The molecule has 0 bridgehead atoms. The summed E-state index contributed by atoms with van der Waals surface area (Å²) < 4.78 is 11.5. The van der Waals surface area contributed by atoms with Gasteiger partial charge in [0.05, 0.1) is 18.6 Å². The second-order valence-electron chi connectivity index (χ2n) is 3.46. The summed E-state index contributed by atoms with van der Waals surface area (Å²) in [5.74, 6) is 0.758. The van der Waals surface area contributed by atoms with Gasteiger partial charge >= 0.3 is 0 Å². The van der Waals surface area contributed by atoms with Crippen LogP contribution in [0.1, 0.15) is 16.8 Å². The molecule has 0 aromatic heterocycles. The molecule has 1 aliphatic rings. The molecule has 0 saturated carbocycles. The van der Waals surface area contributed by atoms with E-state index < -0.39 is 0 Å². The number of Topliss-reactive ketones (excluding diaryl/α,β-unsaturated/α-hetero) is 1. The molecule has 15 heavy (non-hydrogen) atoms. The number of hydrogen-bond donors (Lipinski definition) is 0. The minimum absolute atomic E-state index is 0.116. The molecule has 0 amide bonds. The first-order chi connectivity index (χ1) is 7.20. The molecule has 80 valence electrons. The van der Waals surface area contributed by atoms with E-state index >= 15 is 0 Å². The number of fused-ring (bicyclic) bond motifs is 1. The molecule has 0 aliphatic carbocycles. The minimum Gasteiger partial charge on any atom is -0.487 e. The lowest BCUT2D eigenvalue weighted by molar-refractivity contribution is 0.0570. The fourth-order valence-electron chi connectivity index (χ4n) is 1.64. The zero-order chi connectivity index (χ0) is 10.8. The third kappa shape index (κ3) is 2.21. The Morgan fingerprint density at radius 3 is 3.13 bits per heavy atom. The summed E-state index contributed by atoms with van der Waals surface area (Å²) in [6.07, 6.45) is 0.229. The van der Waals surface area contributed by atoms with Gasteiger partial charge in [-0.25, -0.2) is 0 Å². The van der Waals surface area contributed by atoms with Crippen molar-refractivity contribution >= 4 is 21.7 Å². The Kier molecular flexibility index (Phi) is 3.07. The maximum Gasteiger partial charge on any atom is 0.170 e. The van der Waals surface area contributed by atoms with Gasteiger partial charge in [0.1, 0.15) is 11.9 Å². The average Bonchev–Trinajstić information content (AvgIpc) is 2.17. The molecule has 1 aromatic rings. The van der Waals surface area contributed by atoms with Gasteiger partial charge in [-0.1, -0.05) is 15.9 Å². The maximum atomic E-state index is 11.7. The number of hydrogen-bond acceptors (Lipinski definition) is 3. The van der Waals surface area contributed by atoms with Crippen molar-refractivity contribution < 1.29 is 14.3 Å². The van der Waals surface area contributed by atoms with Crippen molar-refractivity contribution in [3.05, 3.63) is 28.2 Å². The Labute approximate surface area is 96.5 Å². The zero-order valence-electron chi connectivity index (χ0n) is 8.33. The lowest BCUT2D eigenvalue weighted by Crippen LogP contribution is -2.30. The highest BCUT2D eigenvalue weighted by atomic mass is 79.9. The van der Waals surface area contributed by atoms with Gasteiger partial charge in [-0.15, -0.1) is 0 Å². The summed E-state index contributed by atoms with van der Waals surface area (Å²) in [6.45, 7) is 0.442. The van der Waals surface area contributed by atoms with E-state index in [2.05, 4.69) is 15.9 Å². The first-order valence-corrected chi connectivity index (χ1v) is 5.48. The van der Waals surface area contributed by atoms with Crippen LogP contribution in [-0.4, -0.2) is 25.6 Å². The van der Waals surface area contributed by atoms with E-state index in [-0.39, 0.29) is 11.9 Å². The van der Waals surface area contributed by atoms with Crippen molar-refractivity contribution in [2.24, 2.45) is 0 Å². The summed E-state index contributed by atoms with van der Waals surface area (Å²) in [5.41, 5.74) is 0.658. The Balaban J connectivity index is 2.29. The van der Waals surface area contributed by atoms with Crippen molar-refractivity contribution in [3.8, 4) is 5.75 Å². The largest absolute Gasteiger partial charge is 0.487 e. The molecular formula is C11H11BrO3. The molecule has 0 fully saturated rings. The standard InChI is InChI=1S/C11H11BrO3/c1-14-6-8-5-10(13)9-3-2-7(12)4-11(9)15-8/h2-4,8H,5-6H2,1H3. The number of rotatable bonds is 2. The molecule has 4 heteroatoms. The highest BCUT2D eigenvalue weighted by Gasteiger charge is 2.26. The molecule has 0 spiro atoms. The van der Waals surface area contributed by atoms with Gasteiger partial charge in [0.2, 0.25) is 0 Å². The third-order valence-corrected chi connectivity index (χ3v) is 2.80. The van der Waals surface area contributed by atoms with E-state index in [9.17, 15) is 4.79 Å². The lowest BCUT2D eigenvalue weighted by Gasteiger charge is -2.24. The average molecular weight is 271 g/mol. The molecule has 1 aliphatic heterocycles. The van der Waals surface area contributed by atoms with Crippen LogP contribution in [0.25, 0.3) is 0 Å². The number of carbonyl (C=O) groups excluding carboxylic acids is 1. The highest BCUT2D eigenvalue weighted by molar-refractivity contribution is 9.10. The van der Waals surface area contributed by atoms with Gasteiger partial charge in [0.15, 0.2) is 5.78 Å². The molecule has 1 aromatic carbocycles. The number of benzene rings is 1. The SMILES string of the molecule is COCC1CC(=O)c2ccc(Br)cc2O1. The predicted molar refractivity (Wildman–Crippen MR) is 59.4 cm³/mol. The normalized spacial score (nSPS) is 19.6. The Morgan fingerprint density at radius 1 is 1.60 bits per heavy atom. The summed E-state index contributed by atoms with van der Waals surface area (Å²) in [5, 5.41) is 0. The fourth-order valence-corrected chi connectivity index (χ4v) is 1.98. The van der Waals surface area contributed by atoms with Gasteiger partial charge in [-0.3, -0.25) is 4.79 Å². The number of halogens is 1. The molecule has 0 saturated heterocycles. The van der Waals surface area contributed by atoms with Crippen molar-refractivity contribution in [1.82, 2.24) is 0 Å². The van der Waals surface area contributed by atoms with Gasteiger partial charge in [0, 0.05) is 11.6 Å². The second-order valence-corrected chi connectivity index (χ2v) is 4.38. The smallest absolute Gasteiger partial charge is 0.170 e. The summed E-state index contributed by atoms with van der Waals surface area (Å²) >= 11 is 3.35. The molecular weight excluding hydrogens is 260 g/mol. The molecule has 0 radical (unpaired) electrons. The van der Waals surface area contributed by atoms with E-state index in [0.717, 1.165) is 4.47 Å². The van der Waals surface area contributed by atoms with Crippen LogP contribution < -0.4 is 4.74 Å². The number of carbonyl (C=O) groups is 1. The van der Waals surface area contributed by atoms with E-state index in [1.54, 1.807) is 13.2 Å². The van der Waals surface area contributed by atoms with E-state index in [0.29, 0.717) is 24.3 Å². The predicted octanol–water partition coefficient (Wildman–Crippen LogP) is 2.43. The van der Waals surface area contributed by atoms with Gasteiger partial charge in [-0.05, 0) is 18.2 Å². The van der Waals surface area contributed by atoms with E-state index in [1.807, 2.05) is 12.1 Å². The third-order valence-electron chi connectivity index (χ3n) is 2.30. The number of ether oxygens (including phenoxy) is 2. The van der Waals surface area contributed by atoms with Gasteiger partial charge in [-0.2, -0.15) is 0 Å². The summed E-state index contributed by atoms with van der Waals surface area (Å²) in [4.78, 5) is 11.7. The monoisotopic (exact) mass is 270 g/mol. The van der Waals surface area contributed by atoms with Crippen LogP contribution in [0.4, 0.5) is 0 Å². The maximum absolute atomic E-state index is 11.7. The summed E-state index contributed by atoms with van der Waals surface area (Å²) in [6, 6.07) is 5.44. The molecule has 1 atom stereocenters. The fraction of sp³-hybridized carbons (Fsp3) is 0.364. The first-order valence-electron chi connectivity index (χ1n) is 4.69. The quantitative estimate of drug-likeness (QED) is 0.828. The van der Waals surface area contributed by atoms with Crippen LogP contribution in [0.15, 0.2) is 22.7 Å². The number of methoxy groups -OCH3 is 1. The van der Waals surface area contributed by atoms with Crippen LogP contribution in [-0.2, 0) is 4.74 Å². The Bertz CT molecular complexity index is 389. The molecule has 0 N–H and O–H groups in total. The zero-order valence-corrected chi connectivity index (χ0v) is 9.91. The van der Waals surface area contributed by atoms with E-state index in [1.165, 1.54) is 0 Å². The first kappa shape index (κ1) is 10.6. The van der Waals surface area contributed by atoms with Crippen molar-refractivity contribution in [3.63, 3.8) is 0 Å².